The van der Waals surface area contributed by atoms with Crippen molar-refractivity contribution in [3.05, 3.63) is 35.4 Å². The van der Waals surface area contributed by atoms with E-state index in [1.54, 1.807) is 4.90 Å². The number of aliphatic carboxylic acids is 1. The van der Waals surface area contributed by atoms with Gasteiger partial charge < -0.3 is 14.7 Å². The van der Waals surface area contributed by atoms with Gasteiger partial charge in [0.1, 0.15) is 0 Å². The summed E-state index contributed by atoms with van der Waals surface area (Å²) in [5, 5.41) is 8.98. The van der Waals surface area contributed by atoms with Gasteiger partial charge in [0.05, 0.1) is 6.10 Å². The minimum atomic E-state index is -1.03. The number of hydrogen-bond acceptors (Lipinski definition) is 3. The maximum atomic E-state index is 13.3. The Morgan fingerprint density at radius 2 is 1.79 bits per heavy atom. The summed E-state index contributed by atoms with van der Waals surface area (Å²) in [7, 11) is 0. The third kappa shape index (κ3) is 3.40. The van der Waals surface area contributed by atoms with Crippen LogP contribution in [0, 0.1) is 17.6 Å². The topological polar surface area (TPSA) is 66.8 Å². The second kappa shape index (κ2) is 6.84. The van der Waals surface area contributed by atoms with Crippen molar-refractivity contribution in [3.8, 4) is 0 Å². The lowest BCUT2D eigenvalue weighted by atomic mass is 9.89. The van der Waals surface area contributed by atoms with Gasteiger partial charge >= 0.3 is 5.97 Å². The first-order chi connectivity index (χ1) is 11.5. The highest BCUT2D eigenvalue weighted by Crippen LogP contribution is 2.32. The number of carboxylic acid groups (broad SMARTS) is 1. The Labute approximate surface area is 138 Å². The summed E-state index contributed by atoms with van der Waals surface area (Å²) < 4.78 is 31.8. The highest BCUT2D eigenvalue weighted by Gasteiger charge is 2.37. The number of piperidine rings is 1. The van der Waals surface area contributed by atoms with Crippen molar-refractivity contribution >= 4 is 11.9 Å². The average Bonchev–Trinajstić information content (AvgIpc) is 3.07. The molecule has 0 aromatic heterocycles. The van der Waals surface area contributed by atoms with Gasteiger partial charge in [0.15, 0.2) is 17.7 Å². The lowest BCUT2D eigenvalue weighted by Gasteiger charge is -2.34. The third-order valence-electron chi connectivity index (χ3n) is 4.85. The van der Waals surface area contributed by atoms with E-state index in [1.165, 1.54) is 6.07 Å². The molecule has 5 nitrogen and oxygen atoms in total. The average molecular weight is 339 g/mol. The fourth-order valence-corrected chi connectivity index (χ4v) is 3.48. The lowest BCUT2D eigenvalue weighted by Crippen LogP contribution is -2.41. The molecule has 130 valence electrons. The van der Waals surface area contributed by atoms with E-state index in [4.69, 9.17) is 9.84 Å². The van der Waals surface area contributed by atoms with Crippen molar-refractivity contribution < 1.29 is 28.2 Å². The summed E-state index contributed by atoms with van der Waals surface area (Å²) in [6.07, 6.45) is 1.87. The minimum Gasteiger partial charge on any atom is -0.479 e. The van der Waals surface area contributed by atoms with Crippen molar-refractivity contribution in [2.24, 2.45) is 5.92 Å². The zero-order valence-electron chi connectivity index (χ0n) is 13.1. The summed E-state index contributed by atoms with van der Waals surface area (Å²) in [5.41, 5.74) is 0.135. The molecule has 1 aromatic rings. The molecule has 0 bridgehead atoms. The van der Waals surface area contributed by atoms with Crippen molar-refractivity contribution in [1.82, 2.24) is 4.90 Å². The van der Waals surface area contributed by atoms with E-state index in [0.29, 0.717) is 32.4 Å². The fourth-order valence-electron chi connectivity index (χ4n) is 3.48. The minimum absolute atomic E-state index is 0.0772. The maximum Gasteiger partial charge on any atom is 0.332 e. The summed E-state index contributed by atoms with van der Waals surface area (Å²) in [6.45, 7) is 1.00. The van der Waals surface area contributed by atoms with E-state index in [9.17, 15) is 18.4 Å². The van der Waals surface area contributed by atoms with Gasteiger partial charge in [-0.3, -0.25) is 4.79 Å². The van der Waals surface area contributed by atoms with Crippen LogP contribution in [-0.2, 0) is 9.53 Å². The molecule has 2 saturated heterocycles. The number of likely N-dealkylation sites (tertiary alicyclic amines) is 1. The van der Waals surface area contributed by atoms with Crippen molar-refractivity contribution in [2.45, 2.75) is 37.9 Å². The molecule has 24 heavy (non-hydrogen) atoms. The molecule has 2 aliphatic rings. The SMILES string of the molecule is O=C(O)[C@H]1CC[C@@H](C2CCN(C(=O)c3ccc(F)c(F)c3)CC2)O1. The van der Waals surface area contributed by atoms with Gasteiger partial charge in [-0.05, 0) is 49.8 Å². The Hall–Kier alpha value is -2.02. The van der Waals surface area contributed by atoms with Crippen LogP contribution in [0.15, 0.2) is 18.2 Å². The van der Waals surface area contributed by atoms with Crippen LogP contribution in [0.3, 0.4) is 0 Å². The smallest absolute Gasteiger partial charge is 0.332 e. The third-order valence-corrected chi connectivity index (χ3v) is 4.85. The Balaban J connectivity index is 1.56. The lowest BCUT2D eigenvalue weighted by molar-refractivity contribution is -0.150. The molecular formula is C17H19F2NO4. The molecule has 0 saturated carbocycles. The molecule has 0 spiro atoms. The van der Waals surface area contributed by atoms with E-state index < -0.39 is 23.7 Å². The van der Waals surface area contributed by atoms with Crippen LogP contribution in [0.2, 0.25) is 0 Å². The van der Waals surface area contributed by atoms with Crippen LogP contribution in [0.1, 0.15) is 36.0 Å². The normalized spacial score (nSPS) is 25.0. The van der Waals surface area contributed by atoms with E-state index >= 15 is 0 Å². The Morgan fingerprint density at radius 1 is 1.08 bits per heavy atom. The predicted octanol–water partition coefficient (Wildman–Crippen LogP) is 2.45. The van der Waals surface area contributed by atoms with Crippen LogP contribution in [0.25, 0.3) is 0 Å². The van der Waals surface area contributed by atoms with Crippen LogP contribution >= 0.6 is 0 Å². The number of benzene rings is 1. The number of nitrogens with zero attached hydrogens (tertiary/aromatic N) is 1. The molecule has 2 atom stereocenters. The Morgan fingerprint density at radius 3 is 2.38 bits per heavy atom. The summed E-state index contributed by atoms with van der Waals surface area (Å²) >= 11 is 0. The first-order valence-corrected chi connectivity index (χ1v) is 8.08. The molecule has 7 heteroatoms. The second-order valence-corrected chi connectivity index (χ2v) is 6.34. The van der Waals surface area contributed by atoms with Crippen LogP contribution in [0.4, 0.5) is 8.78 Å². The van der Waals surface area contributed by atoms with Gasteiger partial charge in [-0.1, -0.05) is 0 Å². The number of halogens is 2. The summed E-state index contributed by atoms with van der Waals surface area (Å²) in [4.78, 5) is 24.9. The number of amides is 1. The first-order valence-electron chi connectivity index (χ1n) is 8.08. The van der Waals surface area contributed by atoms with Crippen molar-refractivity contribution in [1.29, 1.82) is 0 Å². The highest BCUT2D eigenvalue weighted by atomic mass is 19.2. The van der Waals surface area contributed by atoms with Crippen LogP contribution < -0.4 is 0 Å². The molecule has 2 heterocycles. The highest BCUT2D eigenvalue weighted by molar-refractivity contribution is 5.94. The molecule has 3 rings (SSSR count). The Kier molecular flexibility index (Phi) is 4.80. The molecule has 1 N–H and O–H groups in total. The van der Waals surface area contributed by atoms with Crippen LogP contribution in [0.5, 0.6) is 0 Å². The molecular weight excluding hydrogens is 320 g/mol. The van der Waals surface area contributed by atoms with E-state index in [2.05, 4.69) is 0 Å². The van der Waals surface area contributed by atoms with Gasteiger partial charge in [-0.25, -0.2) is 13.6 Å². The molecule has 0 radical (unpaired) electrons. The Bertz CT molecular complexity index is 643. The van der Waals surface area contributed by atoms with Gasteiger partial charge in [0.25, 0.3) is 5.91 Å². The second-order valence-electron chi connectivity index (χ2n) is 6.34. The van der Waals surface area contributed by atoms with E-state index in [0.717, 1.165) is 18.6 Å². The monoisotopic (exact) mass is 339 g/mol. The summed E-state index contributed by atoms with van der Waals surface area (Å²) in [5.74, 6) is -3.03. The predicted molar refractivity (Wildman–Crippen MR) is 80.5 cm³/mol. The standard InChI is InChI=1S/C17H19F2NO4/c18-12-2-1-11(9-13(12)19)16(21)20-7-5-10(6-8-20)14-3-4-15(24-14)17(22)23/h1-2,9-10,14-15H,3-8H2,(H,22,23)/t14-,15+/m0/s1. The molecule has 2 aliphatic heterocycles. The van der Waals surface area contributed by atoms with Crippen molar-refractivity contribution in [2.75, 3.05) is 13.1 Å². The zero-order valence-corrected chi connectivity index (χ0v) is 13.1. The number of carbonyl (C=O) groups excluding carboxylic acids is 1. The molecule has 1 amide bonds. The van der Waals surface area contributed by atoms with E-state index in [-0.39, 0.29) is 23.5 Å². The maximum absolute atomic E-state index is 13.3. The van der Waals surface area contributed by atoms with Gasteiger partial charge in [0, 0.05) is 18.7 Å². The molecule has 2 fully saturated rings. The van der Waals surface area contributed by atoms with Gasteiger partial charge in [0.2, 0.25) is 0 Å². The number of carboxylic acids is 1. The number of rotatable bonds is 3. The molecule has 1 aromatic carbocycles. The largest absolute Gasteiger partial charge is 0.479 e. The number of hydrogen-bond donors (Lipinski definition) is 1. The fraction of sp³-hybridized carbons (Fsp3) is 0.529. The molecule has 0 unspecified atom stereocenters. The zero-order chi connectivity index (χ0) is 17.3. The first kappa shape index (κ1) is 16.8. The van der Waals surface area contributed by atoms with Crippen molar-refractivity contribution in [3.63, 3.8) is 0 Å². The number of carbonyl (C=O) groups is 2. The van der Waals surface area contributed by atoms with Crippen LogP contribution in [-0.4, -0.2) is 47.2 Å². The van der Waals surface area contributed by atoms with E-state index in [1.807, 2.05) is 0 Å². The van der Waals surface area contributed by atoms with Gasteiger partial charge in [-0.15, -0.1) is 0 Å². The molecule has 0 aliphatic carbocycles. The quantitative estimate of drug-likeness (QED) is 0.919. The number of ether oxygens (including phenoxy) is 1. The van der Waals surface area contributed by atoms with Gasteiger partial charge in [-0.2, -0.15) is 0 Å². The summed E-state index contributed by atoms with van der Waals surface area (Å²) in [6, 6.07) is 3.15.